The fraction of sp³-hybridized carbons (Fsp3) is 0.362. The van der Waals surface area contributed by atoms with Gasteiger partial charge in [-0.3, -0.25) is 9.59 Å². The molecule has 0 bridgehead atoms. The molecule has 0 saturated carbocycles. The number of unbranched alkanes of at least 4 members (excludes halogenated alkanes) is 1. The third-order valence-electron chi connectivity index (χ3n) is 11.7. The van der Waals surface area contributed by atoms with Crippen molar-refractivity contribution in [2.45, 2.75) is 84.3 Å². The lowest BCUT2D eigenvalue weighted by Gasteiger charge is -2.37. The molecule has 14 heteroatoms. The van der Waals surface area contributed by atoms with E-state index in [0.29, 0.717) is 25.0 Å². The number of likely N-dealkylation sites (tertiary alicyclic amines) is 1. The number of fused-ring (bicyclic) bond motifs is 2. The normalized spacial score (nSPS) is 16.3. The maximum absolute atomic E-state index is 14.1. The topological polar surface area (TPSA) is 182 Å². The molecule has 1 saturated heterocycles. The number of amides is 2. The van der Waals surface area contributed by atoms with E-state index in [4.69, 9.17) is 9.97 Å². The first kappa shape index (κ1) is 41.1. The van der Waals surface area contributed by atoms with Gasteiger partial charge in [0.15, 0.2) is 0 Å². The van der Waals surface area contributed by atoms with Crippen LogP contribution in [0.25, 0.3) is 44.2 Å². The molecule has 0 radical (unpaired) electrons. The van der Waals surface area contributed by atoms with Crippen LogP contribution in [0.15, 0.2) is 97.7 Å². The lowest BCUT2D eigenvalue weighted by molar-refractivity contribution is -0.137. The van der Waals surface area contributed by atoms with E-state index in [1.54, 1.807) is 36.9 Å². The number of hydrogen-bond donors (Lipinski definition) is 5. The molecule has 5 heterocycles. The largest absolute Gasteiger partial charge is 0.354 e. The van der Waals surface area contributed by atoms with Gasteiger partial charge in [0.1, 0.15) is 23.7 Å². The van der Waals surface area contributed by atoms with E-state index in [2.05, 4.69) is 107 Å². The van der Waals surface area contributed by atoms with Gasteiger partial charge in [-0.1, -0.05) is 58.0 Å². The SMILES string of the molecule is CC(C)[C@H](Nc1ncccn1)C(=O)NCCCCc1nc2cc(-c3ccc4cc(-c5c[nH]c([C@]6(C)CCCN6C(=O)[C@@H](Nc6ncccn6)C(C)C)n5)ccc4c3)ccc2[nH]1. The summed E-state index contributed by atoms with van der Waals surface area (Å²) in [4.78, 5) is 62.9. The molecule has 314 valence electrons. The molecule has 61 heavy (non-hydrogen) atoms. The Morgan fingerprint density at radius 3 is 2.08 bits per heavy atom. The maximum Gasteiger partial charge on any atom is 0.246 e. The van der Waals surface area contributed by atoms with E-state index in [-0.39, 0.29) is 23.7 Å². The molecule has 2 amide bonds. The van der Waals surface area contributed by atoms with Gasteiger partial charge in [-0.25, -0.2) is 29.9 Å². The number of hydrogen-bond acceptors (Lipinski definition) is 10. The number of aromatic nitrogens is 8. The van der Waals surface area contributed by atoms with E-state index in [1.807, 2.05) is 38.8 Å². The first-order chi connectivity index (χ1) is 29.6. The fourth-order valence-corrected chi connectivity index (χ4v) is 8.23. The summed E-state index contributed by atoms with van der Waals surface area (Å²) in [5, 5.41) is 11.7. The Labute approximate surface area is 355 Å². The first-order valence-electron chi connectivity index (χ1n) is 21.3. The van der Waals surface area contributed by atoms with Crippen LogP contribution in [0.3, 0.4) is 0 Å². The molecule has 7 aromatic rings. The molecule has 1 aliphatic rings. The zero-order valence-corrected chi connectivity index (χ0v) is 35.4. The van der Waals surface area contributed by atoms with Gasteiger partial charge in [0.25, 0.3) is 0 Å². The smallest absolute Gasteiger partial charge is 0.246 e. The zero-order chi connectivity index (χ0) is 42.5. The van der Waals surface area contributed by atoms with Crippen molar-refractivity contribution in [1.29, 1.82) is 0 Å². The number of imidazole rings is 2. The number of anilines is 2. The molecule has 3 atom stereocenters. The Balaban J connectivity index is 0.890. The second kappa shape index (κ2) is 17.9. The van der Waals surface area contributed by atoms with Crippen LogP contribution >= 0.6 is 0 Å². The van der Waals surface area contributed by atoms with Gasteiger partial charge in [-0.2, -0.15) is 0 Å². The minimum Gasteiger partial charge on any atom is -0.354 e. The Kier molecular flexibility index (Phi) is 12.0. The summed E-state index contributed by atoms with van der Waals surface area (Å²) in [6, 6.07) is 21.9. The Morgan fingerprint density at radius 1 is 0.770 bits per heavy atom. The van der Waals surface area contributed by atoms with Gasteiger partial charge >= 0.3 is 0 Å². The average molecular weight is 819 g/mol. The van der Waals surface area contributed by atoms with Crippen LogP contribution < -0.4 is 16.0 Å². The highest BCUT2D eigenvalue weighted by atomic mass is 16.2. The van der Waals surface area contributed by atoms with Crippen molar-refractivity contribution in [1.82, 2.24) is 50.1 Å². The summed E-state index contributed by atoms with van der Waals surface area (Å²) in [5.74, 6) is 2.69. The van der Waals surface area contributed by atoms with E-state index >= 15 is 0 Å². The average Bonchev–Trinajstić information content (AvgIpc) is 4.03. The number of aromatic amines is 2. The van der Waals surface area contributed by atoms with Crippen molar-refractivity contribution >= 4 is 45.5 Å². The highest BCUT2D eigenvalue weighted by Gasteiger charge is 2.45. The van der Waals surface area contributed by atoms with Crippen molar-refractivity contribution in [3.8, 4) is 22.4 Å². The summed E-state index contributed by atoms with van der Waals surface area (Å²) >= 11 is 0. The molecule has 0 unspecified atom stereocenters. The predicted octanol–water partition coefficient (Wildman–Crippen LogP) is 7.90. The molecule has 1 aliphatic heterocycles. The molecule has 0 aliphatic carbocycles. The molecule has 4 aromatic heterocycles. The van der Waals surface area contributed by atoms with Gasteiger partial charge in [0.2, 0.25) is 23.7 Å². The van der Waals surface area contributed by atoms with Crippen LogP contribution in [-0.4, -0.2) is 81.8 Å². The highest BCUT2D eigenvalue weighted by molar-refractivity contribution is 5.92. The molecule has 3 aromatic carbocycles. The van der Waals surface area contributed by atoms with Crippen molar-refractivity contribution in [2.75, 3.05) is 23.7 Å². The predicted molar refractivity (Wildman–Crippen MR) is 239 cm³/mol. The maximum atomic E-state index is 14.1. The van der Waals surface area contributed by atoms with Gasteiger partial charge < -0.3 is 30.8 Å². The van der Waals surface area contributed by atoms with Crippen LogP contribution in [0.2, 0.25) is 0 Å². The van der Waals surface area contributed by atoms with E-state index < -0.39 is 17.6 Å². The van der Waals surface area contributed by atoms with E-state index in [0.717, 1.165) is 87.9 Å². The summed E-state index contributed by atoms with van der Waals surface area (Å²) < 4.78 is 0. The van der Waals surface area contributed by atoms with Crippen molar-refractivity contribution in [3.05, 3.63) is 109 Å². The van der Waals surface area contributed by atoms with Gasteiger partial charge in [0, 0.05) is 56.1 Å². The summed E-state index contributed by atoms with van der Waals surface area (Å²) in [6.45, 7) is 11.4. The van der Waals surface area contributed by atoms with E-state index in [1.165, 1.54) is 0 Å². The number of carbonyl (C=O) groups is 2. The number of aryl methyl sites for hydroxylation is 1. The number of H-pyrrole nitrogens is 2. The van der Waals surface area contributed by atoms with Crippen molar-refractivity contribution in [2.24, 2.45) is 11.8 Å². The monoisotopic (exact) mass is 818 g/mol. The number of benzene rings is 3. The molecular formula is C47H54N12O2. The van der Waals surface area contributed by atoms with Crippen molar-refractivity contribution in [3.63, 3.8) is 0 Å². The molecule has 5 N–H and O–H groups in total. The van der Waals surface area contributed by atoms with Crippen LogP contribution in [-0.2, 0) is 21.5 Å². The highest BCUT2D eigenvalue weighted by Crippen LogP contribution is 2.39. The second-order valence-electron chi connectivity index (χ2n) is 16.8. The quantitative estimate of drug-likeness (QED) is 0.0601. The van der Waals surface area contributed by atoms with E-state index in [9.17, 15) is 9.59 Å². The number of rotatable bonds is 16. The first-order valence-corrected chi connectivity index (χ1v) is 21.3. The molecule has 1 fully saturated rings. The molecule has 14 nitrogen and oxygen atoms in total. The fourth-order valence-electron chi connectivity index (χ4n) is 8.23. The number of nitrogens with zero attached hydrogens (tertiary/aromatic N) is 7. The Hall–Kier alpha value is -6.70. The summed E-state index contributed by atoms with van der Waals surface area (Å²) in [6.07, 6.45) is 12.8. The second-order valence-corrected chi connectivity index (χ2v) is 16.8. The van der Waals surface area contributed by atoms with Crippen LogP contribution in [0.5, 0.6) is 0 Å². The third kappa shape index (κ3) is 9.08. The van der Waals surface area contributed by atoms with Gasteiger partial charge in [-0.15, -0.1) is 0 Å². The number of carbonyl (C=O) groups excluding carboxylic acids is 2. The van der Waals surface area contributed by atoms with Crippen LogP contribution in [0, 0.1) is 11.8 Å². The zero-order valence-electron chi connectivity index (χ0n) is 35.4. The summed E-state index contributed by atoms with van der Waals surface area (Å²) in [7, 11) is 0. The lowest BCUT2D eigenvalue weighted by Crippen LogP contribution is -2.51. The van der Waals surface area contributed by atoms with Crippen LogP contribution in [0.4, 0.5) is 11.9 Å². The van der Waals surface area contributed by atoms with Gasteiger partial charge in [-0.05, 0) is 103 Å². The number of nitrogens with one attached hydrogen (secondary N) is 5. The van der Waals surface area contributed by atoms with Crippen molar-refractivity contribution < 1.29 is 9.59 Å². The molecule has 0 spiro atoms. The standard InChI is InChI=1S/C47H54N12O2/c1-29(2)40(57-45-49-20-9-21-50-45)42(60)48-19-7-6-11-39-54-36-17-16-34(27-37(36)55-39)32-12-13-33-26-35(15-14-31(33)25-32)38-28-53-44(56-38)47(5)18-8-24-59(47)43(61)41(30(3)4)58-46-51-22-10-23-52-46/h9-10,12-17,20-23,25-30,40-41H,6-8,11,18-19,24H2,1-5H3,(H,48,60)(H,53,56)(H,54,55)(H,49,50,57)(H,51,52,58)/t40-,41-,47-/m0/s1. The lowest BCUT2D eigenvalue weighted by atomic mass is 9.95. The van der Waals surface area contributed by atoms with Crippen LogP contribution in [0.1, 0.15) is 72.0 Å². The summed E-state index contributed by atoms with van der Waals surface area (Å²) in [5.41, 5.74) is 5.42. The Morgan fingerprint density at radius 2 is 1.39 bits per heavy atom. The third-order valence-corrected chi connectivity index (χ3v) is 11.7. The minimum atomic E-state index is -0.571. The van der Waals surface area contributed by atoms with Gasteiger partial charge in [0.05, 0.1) is 22.3 Å². The Bertz CT molecular complexity index is 2610. The minimum absolute atomic E-state index is 0.0213. The molecular weight excluding hydrogens is 765 g/mol. The molecule has 8 rings (SSSR count).